The fraction of sp³-hybridized carbons (Fsp3) is 0.360. The third-order valence-electron chi connectivity index (χ3n) is 4.39. The van der Waals surface area contributed by atoms with Crippen molar-refractivity contribution in [1.82, 2.24) is 9.97 Å². The van der Waals surface area contributed by atoms with E-state index in [9.17, 15) is 8.78 Å². The Morgan fingerprint density at radius 3 is 1.68 bits per heavy atom. The minimum atomic E-state index is -0.582. The van der Waals surface area contributed by atoms with Gasteiger partial charge in [-0.3, -0.25) is 0 Å². The standard InChI is InChI=1S/C9H11Cl.C8H10ClN.C8H9F2N/c1-7(2)8-5-3-4-6-9(8)10;1-6(2)7-4-3-5-10-8(7)9;1-5(2)7-3-6(9)4-11-8(7)10/h3-7H,1-2H3;3-6H,1-2H3;3-5H,1-2H3. The summed E-state index contributed by atoms with van der Waals surface area (Å²) in [5.74, 6) is -0.121. The molecular weight excluding hydrogens is 437 g/mol. The molecule has 0 aliphatic carbocycles. The summed E-state index contributed by atoms with van der Waals surface area (Å²) in [5.41, 5.74) is 2.67. The number of nitrogens with zero attached hydrogens (tertiary/aromatic N) is 2. The zero-order valence-corrected chi connectivity index (χ0v) is 20.3. The highest BCUT2D eigenvalue weighted by molar-refractivity contribution is 6.31. The van der Waals surface area contributed by atoms with E-state index >= 15 is 0 Å². The summed E-state index contributed by atoms with van der Waals surface area (Å²) in [7, 11) is 0. The summed E-state index contributed by atoms with van der Waals surface area (Å²) >= 11 is 11.7. The Morgan fingerprint density at radius 1 is 0.710 bits per heavy atom. The second-order valence-electron chi connectivity index (χ2n) is 7.90. The minimum Gasteiger partial charge on any atom is -0.244 e. The van der Waals surface area contributed by atoms with Gasteiger partial charge in [-0.1, -0.05) is 89.0 Å². The van der Waals surface area contributed by atoms with E-state index in [0.717, 1.165) is 16.8 Å². The fourth-order valence-corrected chi connectivity index (χ4v) is 3.31. The first kappa shape index (κ1) is 27.0. The zero-order valence-electron chi connectivity index (χ0n) is 18.8. The van der Waals surface area contributed by atoms with Gasteiger partial charge >= 0.3 is 0 Å². The number of rotatable bonds is 3. The molecule has 2 heterocycles. The first-order valence-corrected chi connectivity index (χ1v) is 11.0. The van der Waals surface area contributed by atoms with Crippen molar-refractivity contribution >= 4 is 23.2 Å². The monoisotopic (exact) mass is 466 g/mol. The third-order valence-corrected chi connectivity index (χ3v) is 5.05. The van der Waals surface area contributed by atoms with Gasteiger partial charge in [0.2, 0.25) is 5.95 Å². The number of benzene rings is 1. The molecule has 0 aliphatic heterocycles. The molecule has 0 saturated carbocycles. The van der Waals surface area contributed by atoms with E-state index in [4.69, 9.17) is 23.2 Å². The zero-order chi connectivity index (χ0) is 23.6. The summed E-state index contributed by atoms with van der Waals surface area (Å²) < 4.78 is 25.2. The van der Waals surface area contributed by atoms with Gasteiger partial charge in [-0.2, -0.15) is 4.39 Å². The van der Waals surface area contributed by atoms with Crippen molar-refractivity contribution in [3.8, 4) is 0 Å². The van der Waals surface area contributed by atoms with Crippen molar-refractivity contribution in [1.29, 1.82) is 0 Å². The van der Waals surface area contributed by atoms with Crippen LogP contribution in [0.4, 0.5) is 8.78 Å². The molecule has 1 aromatic carbocycles. The largest absolute Gasteiger partial charge is 0.244 e. The predicted molar refractivity (Wildman–Crippen MR) is 127 cm³/mol. The molecule has 2 aromatic heterocycles. The van der Waals surface area contributed by atoms with E-state index in [1.54, 1.807) is 20.0 Å². The number of aromatic nitrogens is 2. The molecule has 0 aliphatic rings. The SMILES string of the molecule is CC(C)c1cc(F)cnc1F.CC(C)c1ccccc1Cl.CC(C)c1cccnc1Cl. The molecule has 0 atom stereocenters. The van der Waals surface area contributed by atoms with Crippen LogP contribution in [0.2, 0.25) is 10.2 Å². The van der Waals surface area contributed by atoms with E-state index in [1.807, 2.05) is 30.3 Å². The van der Waals surface area contributed by atoms with E-state index < -0.39 is 11.8 Å². The predicted octanol–water partition coefficient (Wildman–Crippen LogP) is 8.81. The Labute approximate surface area is 194 Å². The van der Waals surface area contributed by atoms with Crippen molar-refractivity contribution in [2.45, 2.75) is 59.3 Å². The van der Waals surface area contributed by atoms with Gasteiger partial charge in [0.25, 0.3) is 0 Å². The van der Waals surface area contributed by atoms with Gasteiger partial charge in [-0.15, -0.1) is 0 Å². The quantitative estimate of drug-likeness (QED) is 0.360. The van der Waals surface area contributed by atoms with Crippen LogP contribution in [0.15, 0.2) is 54.9 Å². The molecule has 3 aromatic rings. The second-order valence-corrected chi connectivity index (χ2v) is 8.67. The fourth-order valence-electron chi connectivity index (χ4n) is 2.62. The highest BCUT2D eigenvalue weighted by atomic mass is 35.5. The molecule has 0 N–H and O–H groups in total. The summed E-state index contributed by atoms with van der Waals surface area (Å²) in [4.78, 5) is 7.22. The van der Waals surface area contributed by atoms with Gasteiger partial charge in [0.15, 0.2) is 0 Å². The molecule has 0 spiro atoms. The summed E-state index contributed by atoms with van der Waals surface area (Å²) in [6.45, 7) is 12.1. The van der Waals surface area contributed by atoms with Crippen LogP contribution in [0.3, 0.4) is 0 Å². The Balaban J connectivity index is 0.000000233. The van der Waals surface area contributed by atoms with Gasteiger partial charge < -0.3 is 0 Å². The smallest absolute Gasteiger partial charge is 0.216 e. The van der Waals surface area contributed by atoms with E-state index in [-0.39, 0.29) is 5.92 Å². The van der Waals surface area contributed by atoms with E-state index in [2.05, 4.69) is 43.7 Å². The molecular formula is C25H30Cl2F2N2. The van der Waals surface area contributed by atoms with Crippen LogP contribution < -0.4 is 0 Å². The third kappa shape index (κ3) is 9.32. The maximum absolute atomic E-state index is 12.7. The topological polar surface area (TPSA) is 25.8 Å². The lowest BCUT2D eigenvalue weighted by Crippen LogP contribution is -1.96. The molecule has 31 heavy (non-hydrogen) atoms. The maximum Gasteiger partial charge on any atom is 0.216 e. The maximum atomic E-state index is 12.7. The number of hydrogen-bond donors (Lipinski definition) is 0. The van der Waals surface area contributed by atoms with Crippen LogP contribution in [0.1, 0.15) is 76.0 Å². The average Bonchev–Trinajstić information content (AvgIpc) is 2.71. The molecule has 2 nitrogen and oxygen atoms in total. The minimum absolute atomic E-state index is 0.0294. The van der Waals surface area contributed by atoms with Crippen LogP contribution in [0.5, 0.6) is 0 Å². The number of halogens is 4. The molecule has 0 amide bonds. The van der Waals surface area contributed by atoms with Gasteiger partial charge in [0.1, 0.15) is 11.0 Å². The lowest BCUT2D eigenvalue weighted by atomic mass is 10.0. The van der Waals surface area contributed by atoms with E-state index in [0.29, 0.717) is 22.6 Å². The molecule has 168 valence electrons. The molecule has 0 fully saturated rings. The van der Waals surface area contributed by atoms with Crippen molar-refractivity contribution in [3.63, 3.8) is 0 Å². The number of hydrogen-bond acceptors (Lipinski definition) is 2. The molecule has 0 radical (unpaired) electrons. The van der Waals surface area contributed by atoms with Crippen molar-refractivity contribution < 1.29 is 8.78 Å². The Morgan fingerprint density at radius 2 is 1.26 bits per heavy atom. The number of pyridine rings is 2. The normalized spacial score (nSPS) is 10.5. The van der Waals surface area contributed by atoms with Crippen LogP contribution in [-0.4, -0.2) is 9.97 Å². The highest BCUT2D eigenvalue weighted by Gasteiger charge is 2.08. The lowest BCUT2D eigenvalue weighted by molar-refractivity contribution is 0.535. The van der Waals surface area contributed by atoms with Gasteiger partial charge in [-0.05, 0) is 47.1 Å². The second kappa shape index (κ2) is 13.4. The molecule has 0 saturated heterocycles. The molecule has 0 unspecified atom stereocenters. The van der Waals surface area contributed by atoms with Gasteiger partial charge in [0.05, 0.1) is 6.20 Å². The molecule has 6 heteroatoms. The van der Waals surface area contributed by atoms with Crippen LogP contribution in [0.25, 0.3) is 0 Å². The Bertz CT molecular complexity index is 895. The Kier molecular flexibility index (Phi) is 11.7. The van der Waals surface area contributed by atoms with Gasteiger partial charge in [0, 0.05) is 16.8 Å². The van der Waals surface area contributed by atoms with Gasteiger partial charge in [-0.25, -0.2) is 14.4 Å². The summed E-state index contributed by atoms with van der Waals surface area (Å²) in [5, 5.41) is 1.50. The summed E-state index contributed by atoms with van der Waals surface area (Å²) in [6, 6.07) is 13.0. The molecule has 0 bridgehead atoms. The van der Waals surface area contributed by atoms with E-state index in [1.165, 1.54) is 11.6 Å². The van der Waals surface area contributed by atoms with Crippen molar-refractivity contribution in [3.05, 3.63) is 93.5 Å². The van der Waals surface area contributed by atoms with Crippen LogP contribution in [0, 0.1) is 11.8 Å². The van der Waals surface area contributed by atoms with Crippen LogP contribution in [-0.2, 0) is 0 Å². The van der Waals surface area contributed by atoms with Crippen molar-refractivity contribution in [2.75, 3.05) is 0 Å². The lowest BCUT2D eigenvalue weighted by Gasteiger charge is -2.05. The van der Waals surface area contributed by atoms with Crippen LogP contribution >= 0.6 is 23.2 Å². The molecule has 3 rings (SSSR count). The summed E-state index contributed by atoms with van der Waals surface area (Å²) in [6.07, 6.45) is 2.58. The highest BCUT2D eigenvalue weighted by Crippen LogP contribution is 2.23. The average molecular weight is 467 g/mol. The first-order chi connectivity index (χ1) is 14.5. The first-order valence-electron chi connectivity index (χ1n) is 10.2. The van der Waals surface area contributed by atoms with Crippen molar-refractivity contribution in [2.24, 2.45) is 0 Å². The Hall–Kier alpha value is -2.04.